The Labute approximate surface area is 181 Å². The highest BCUT2D eigenvalue weighted by Crippen LogP contribution is 2.19. The minimum absolute atomic E-state index is 0.126. The number of carbonyl (C=O) groups excluding carboxylic acids is 3. The fraction of sp³-hybridized carbons (Fsp3) is 0.348. The van der Waals surface area contributed by atoms with Crippen LogP contribution < -0.4 is 10.6 Å². The molecule has 4 amide bonds. The second-order valence-corrected chi connectivity index (χ2v) is 7.74. The van der Waals surface area contributed by atoms with Gasteiger partial charge in [0.2, 0.25) is 5.91 Å². The molecule has 31 heavy (non-hydrogen) atoms. The Bertz CT molecular complexity index is 932. The summed E-state index contributed by atoms with van der Waals surface area (Å²) < 4.78 is 4.94. The maximum absolute atomic E-state index is 12.7. The molecule has 4 rings (SSSR count). The molecule has 0 radical (unpaired) electrons. The quantitative estimate of drug-likeness (QED) is 0.717. The first kappa shape index (κ1) is 20.7. The molecule has 0 unspecified atom stereocenters. The summed E-state index contributed by atoms with van der Waals surface area (Å²) in [4.78, 5) is 39.7. The van der Waals surface area contributed by atoms with Crippen molar-refractivity contribution in [1.29, 1.82) is 0 Å². The molecular weight excluding hydrogens is 396 g/mol. The fourth-order valence-corrected chi connectivity index (χ4v) is 3.85. The van der Waals surface area contributed by atoms with Crippen LogP contribution >= 0.6 is 0 Å². The van der Waals surface area contributed by atoms with Crippen molar-refractivity contribution in [3.8, 4) is 0 Å². The van der Waals surface area contributed by atoms with Gasteiger partial charge in [-0.05, 0) is 29.7 Å². The van der Waals surface area contributed by atoms with E-state index in [1.807, 2.05) is 42.5 Å². The summed E-state index contributed by atoms with van der Waals surface area (Å²) in [5.74, 6) is 0.126. The highest BCUT2D eigenvalue weighted by molar-refractivity contribution is 5.89. The number of urea groups is 1. The van der Waals surface area contributed by atoms with Crippen molar-refractivity contribution in [3.05, 3.63) is 65.7 Å². The summed E-state index contributed by atoms with van der Waals surface area (Å²) in [5, 5.41) is 5.84. The van der Waals surface area contributed by atoms with E-state index in [1.54, 1.807) is 21.9 Å². The average Bonchev–Trinajstić information content (AvgIpc) is 3.37. The number of carbonyl (C=O) groups is 3. The SMILES string of the molecule is O=C(Nc1ccc(CN2CCOC2=O)cc1)N[C@H](CN1CCCC1=O)c1ccccc1. The van der Waals surface area contributed by atoms with E-state index < -0.39 is 0 Å². The number of cyclic esters (lactones) is 1. The molecule has 2 aromatic carbocycles. The van der Waals surface area contributed by atoms with Crippen molar-refractivity contribution < 1.29 is 19.1 Å². The molecular formula is C23H26N4O4. The molecule has 0 spiro atoms. The lowest BCUT2D eigenvalue weighted by Crippen LogP contribution is -2.40. The van der Waals surface area contributed by atoms with Gasteiger partial charge >= 0.3 is 12.1 Å². The van der Waals surface area contributed by atoms with Crippen molar-refractivity contribution in [2.45, 2.75) is 25.4 Å². The molecule has 2 saturated heterocycles. The summed E-state index contributed by atoms with van der Waals surface area (Å²) in [5.41, 5.74) is 2.55. The van der Waals surface area contributed by atoms with E-state index in [4.69, 9.17) is 4.74 Å². The molecule has 0 aliphatic carbocycles. The first-order chi connectivity index (χ1) is 15.1. The highest BCUT2D eigenvalue weighted by atomic mass is 16.6. The Balaban J connectivity index is 1.37. The van der Waals surface area contributed by atoms with Crippen molar-refractivity contribution >= 4 is 23.7 Å². The average molecular weight is 422 g/mol. The van der Waals surface area contributed by atoms with Crippen LogP contribution in [0.5, 0.6) is 0 Å². The molecule has 0 aromatic heterocycles. The molecule has 8 heteroatoms. The standard InChI is InChI=1S/C23H26N4O4/c28-21-7-4-12-26(21)16-20(18-5-2-1-3-6-18)25-22(29)24-19-10-8-17(9-11-19)15-27-13-14-31-23(27)30/h1-3,5-6,8-11,20H,4,7,12-16H2,(H2,24,25,29)/t20-/m1/s1. The minimum Gasteiger partial charge on any atom is -0.448 e. The van der Waals surface area contributed by atoms with Gasteiger partial charge in [0, 0.05) is 31.7 Å². The molecule has 2 heterocycles. The van der Waals surface area contributed by atoms with Crippen LogP contribution in [0.1, 0.15) is 30.0 Å². The summed E-state index contributed by atoms with van der Waals surface area (Å²) >= 11 is 0. The number of benzene rings is 2. The molecule has 8 nitrogen and oxygen atoms in total. The molecule has 0 saturated carbocycles. The Hall–Kier alpha value is -3.55. The lowest BCUT2D eigenvalue weighted by molar-refractivity contribution is -0.128. The molecule has 2 aliphatic heterocycles. The number of amides is 4. The van der Waals surface area contributed by atoms with Crippen LogP contribution in [0.4, 0.5) is 15.3 Å². The Morgan fingerprint density at radius 2 is 1.77 bits per heavy atom. The monoisotopic (exact) mass is 422 g/mol. The second-order valence-electron chi connectivity index (χ2n) is 7.74. The molecule has 2 aromatic rings. The number of rotatable bonds is 7. The minimum atomic E-state index is -0.337. The van der Waals surface area contributed by atoms with Gasteiger partial charge in [0.25, 0.3) is 0 Å². The Morgan fingerprint density at radius 1 is 1.00 bits per heavy atom. The van der Waals surface area contributed by atoms with Crippen molar-refractivity contribution in [2.75, 3.05) is 31.6 Å². The fourth-order valence-electron chi connectivity index (χ4n) is 3.85. The predicted molar refractivity (Wildman–Crippen MR) is 115 cm³/mol. The molecule has 2 fully saturated rings. The third-order valence-corrected chi connectivity index (χ3v) is 5.51. The van der Waals surface area contributed by atoms with E-state index in [-0.39, 0.29) is 24.1 Å². The van der Waals surface area contributed by atoms with Crippen LogP contribution in [0.15, 0.2) is 54.6 Å². The lowest BCUT2D eigenvalue weighted by atomic mass is 10.1. The lowest BCUT2D eigenvalue weighted by Gasteiger charge is -2.25. The smallest absolute Gasteiger partial charge is 0.410 e. The van der Waals surface area contributed by atoms with Crippen LogP contribution in [0, 0.1) is 0 Å². The van der Waals surface area contributed by atoms with Crippen molar-refractivity contribution in [3.63, 3.8) is 0 Å². The van der Waals surface area contributed by atoms with Gasteiger partial charge in [0.05, 0.1) is 12.6 Å². The number of hydrogen-bond donors (Lipinski definition) is 2. The topological polar surface area (TPSA) is 91.0 Å². The zero-order valence-electron chi connectivity index (χ0n) is 17.3. The maximum atomic E-state index is 12.7. The van der Waals surface area contributed by atoms with Gasteiger partial charge in [-0.25, -0.2) is 9.59 Å². The third-order valence-electron chi connectivity index (χ3n) is 5.51. The Kier molecular flexibility index (Phi) is 6.35. The predicted octanol–water partition coefficient (Wildman–Crippen LogP) is 3.12. The number of anilines is 1. The van der Waals surface area contributed by atoms with E-state index in [9.17, 15) is 14.4 Å². The molecule has 2 aliphatic rings. The first-order valence-corrected chi connectivity index (χ1v) is 10.5. The first-order valence-electron chi connectivity index (χ1n) is 10.5. The van der Waals surface area contributed by atoms with Crippen molar-refractivity contribution in [1.82, 2.24) is 15.1 Å². The van der Waals surface area contributed by atoms with Crippen LogP contribution in [0.25, 0.3) is 0 Å². The van der Waals surface area contributed by atoms with Crippen LogP contribution in [0.3, 0.4) is 0 Å². The van der Waals surface area contributed by atoms with E-state index in [1.165, 1.54) is 0 Å². The van der Waals surface area contributed by atoms with Gasteiger partial charge in [0.1, 0.15) is 6.61 Å². The van der Waals surface area contributed by atoms with Crippen LogP contribution in [-0.4, -0.2) is 54.1 Å². The van der Waals surface area contributed by atoms with E-state index in [2.05, 4.69) is 10.6 Å². The van der Waals surface area contributed by atoms with E-state index in [0.717, 1.165) is 24.1 Å². The number of hydrogen-bond acceptors (Lipinski definition) is 4. The normalized spacial score (nSPS) is 16.9. The highest BCUT2D eigenvalue weighted by Gasteiger charge is 2.25. The van der Waals surface area contributed by atoms with Crippen LogP contribution in [-0.2, 0) is 16.1 Å². The maximum Gasteiger partial charge on any atom is 0.410 e. The second kappa shape index (κ2) is 9.51. The zero-order valence-corrected chi connectivity index (χ0v) is 17.3. The number of nitrogens with one attached hydrogen (secondary N) is 2. The summed E-state index contributed by atoms with van der Waals surface area (Å²) in [6.45, 7) is 2.65. The molecule has 162 valence electrons. The van der Waals surface area contributed by atoms with E-state index >= 15 is 0 Å². The number of nitrogens with zero attached hydrogens (tertiary/aromatic N) is 2. The molecule has 1 atom stereocenters. The summed E-state index contributed by atoms with van der Waals surface area (Å²) in [6.07, 6.45) is 1.12. The van der Waals surface area contributed by atoms with E-state index in [0.29, 0.717) is 38.3 Å². The summed E-state index contributed by atoms with van der Waals surface area (Å²) in [6, 6.07) is 16.4. The number of likely N-dealkylation sites (tertiary alicyclic amines) is 1. The molecule has 0 bridgehead atoms. The molecule has 2 N–H and O–H groups in total. The third kappa shape index (κ3) is 5.33. The van der Waals surface area contributed by atoms with Gasteiger partial charge in [-0.2, -0.15) is 0 Å². The van der Waals surface area contributed by atoms with Gasteiger partial charge in [-0.3, -0.25) is 4.79 Å². The number of ether oxygens (including phenoxy) is 1. The van der Waals surface area contributed by atoms with Gasteiger partial charge in [0.15, 0.2) is 0 Å². The largest absolute Gasteiger partial charge is 0.448 e. The Morgan fingerprint density at radius 3 is 2.42 bits per heavy atom. The van der Waals surface area contributed by atoms with Gasteiger partial charge < -0.3 is 25.2 Å². The van der Waals surface area contributed by atoms with Gasteiger partial charge in [-0.15, -0.1) is 0 Å². The summed E-state index contributed by atoms with van der Waals surface area (Å²) in [7, 11) is 0. The van der Waals surface area contributed by atoms with Crippen molar-refractivity contribution in [2.24, 2.45) is 0 Å². The van der Waals surface area contributed by atoms with Gasteiger partial charge in [-0.1, -0.05) is 42.5 Å². The van der Waals surface area contributed by atoms with Crippen LogP contribution in [0.2, 0.25) is 0 Å². The zero-order chi connectivity index (χ0) is 21.6.